The summed E-state index contributed by atoms with van der Waals surface area (Å²) in [4.78, 5) is 23.8. The van der Waals surface area contributed by atoms with Crippen LogP contribution in [0.5, 0.6) is 5.75 Å². The van der Waals surface area contributed by atoms with Crippen LogP contribution >= 0.6 is 11.8 Å². The van der Waals surface area contributed by atoms with Gasteiger partial charge in [0, 0.05) is 5.69 Å². The van der Waals surface area contributed by atoms with E-state index >= 15 is 0 Å². The number of anilines is 1. The van der Waals surface area contributed by atoms with Crippen LogP contribution in [0.25, 0.3) is 0 Å². The molecule has 2 N–H and O–H groups in total. The van der Waals surface area contributed by atoms with Gasteiger partial charge in [0.05, 0.1) is 17.6 Å². The van der Waals surface area contributed by atoms with Gasteiger partial charge in [-0.25, -0.2) is 0 Å². The number of thioether (sulfide) groups is 1. The van der Waals surface area contributed by atoms with Crippen LogP contribution in [0.2, 0.25) is 0 Å². The van der Waals surface area contributed by atoms with Crippen LogP contribution in [0, 0.1) is 11.3 Å². The lowest BCUT2D eigenvalue weighted by Gasteiger charge is -2.20. The van der Waals surface area contributed by atoms with Gasteiger partial charge in [-0.1, -0.05) is 0 Å². The quantitative estimate of drug-likeness (QED) is 0.756. The number of phenolic OH excluding ortho intramolecular Hbond substituents is 1. The summed E-state index contributed by atoms with van der Waals surface area (Å²) in [6, 6.07) is 7.57. The molecule has 6 nitrogen and oxygen atoms in total. The van der Waals surface area contributed by atoms with Crippen LogP contribution < -0.4 is 4.90 Å². The highest BCUT2D eigenvalue weighted by Gasteiger charge is 2.18. The third-order valence-corrected chi connectivity index (χ3v) is 2.93. The van der Waals surface area contributed by atoms with Gasteiger partial charge in [-0.15, -0.1) is 11.8 Å². The normalized spacial score (nSPS) is 9.63. The fourth-order valence-electron chi connectivity index (χ4n) is 1.35. The maximum Gasteiger partial charge on any atom is 0.323 e. The van der Waals surface area contributed by atoms with Crippen LogP contribution in [0.15, 0.2) is 24.3 Å². The number of carboxylic acid groups (broad SMARTS) is 1. The molecule has 0 aliphatic carbocycles. The lowest BCUT2D eigenvalue weighted by atomic mass is 10.2. The molecule has 0 unspecified atom stereocenters. The standard InChI is InChI=1S/C12H12N2O4S/c13-5-6-19-8-11(16)14(7-12(17)18)9-1-3-10(15)4-2-9/h1-4,15H,6-8H2,(H,17,18). The van der Waals surface area contributed by atoms with E-state index < -0.39 is 18.4 Å². The molecule has 1 amide bonds. The third-order valence-electron chi connectivity index (χ3n) is 2.15. The zero-order valence-corrected chi connectivity index (χ0v) is 10.8. The number of carbonyl (C=O) groups excluding carboxylic acids is 1. The Hall–Kier alpha value is -2.20. The van der Waals surface area contributed by atoms with Crippen LogP contribution in [0.4, 0.5) is 5.69 Å². The Bertz CT molecular complexity index is 495. The highest BCUT2D eigenvalue weighted by molar-refractivity contribution is 8.00. The van der Waals surface area contributed by atoms with Gasteiger partial charge in [0.2, 0.25) is 5.91 Å². The van der Waals surface area contributed by atoms with Gasteiger partial charge in [0.25, 0.3) is 0 Å². The summed E-state index contributed by atoms with van der Waals surface area (Å²) >= 11 is 1.12. The molecule has 0 aromatic heterocycles. The number of carbonyl (C=O) groups is 2. The molecule has 1 aromatic rings. The number of hydrogen-bond acceptors (Lipinski definition) is 5. The number of nitrogens with zero attached hydrogens (tertiary/aromatic N) is 2. The predicted molar refractivity (Wildman–Crippen MR) is 71.0 cm³/mol. The van der Waals surface area contributed by atoms with Crippen molar-refractivity contribution in [2.24, 2.45) is 0 Å². The van der Waals surface area contributed by atoms with Crippen molar-refractivity contribution in [3.8, 4) is 11.8 Å². The second-order valence-corrected chi connectivity index (χ2v) is 4.53. The van der Waals surface area contributed by atoms with Gasteiger partial charge in [0.15, 0.2) is 0 Å². The first-order chi connectivity index (χ1) is 9.04. The summed E-state index contributed by atoms with van der Waals surface area (Å²) in [5.74, 6) is -1.30. The fourth-order valence-corrected chi connectivity index (χ4v) is 1.88. The molecular formula is C12H12N2O4S. The number of rotatable bonds is 6. The van der Waals surface area contributed by atoms with Crippen LogP contribution in [-0.2, 0) is 9.59 Å². The monoisotopic (exact) mass is 280 g/mol. The molecule has 0 saturated heterocycles. The van der Waals surface area contributed by atoms with Gasteiger partial charge in [0.1, 0.15) is 12.3 Å². The van der Waals surface area contributed by atoms with Crippen molar-refractivity contribution in [2.75, 3.05) is 23.0 Å². The average molecular weight is 280 g/mol. The Morgan fingerprint density at radius 3 is 2.47 bits per heavy atom. The first-order valence-corrected chi connectivity index (χ1v) is 6.46. The summed E-state index contributed by atoms with van der Waals surface area (Å²) in [6.07, 6.45) is 0. The van der Waals surface area contributed by atoms with Crippen molar-refractivity contribution < 1.29 is 19.8 Å². The summed E-state index contributed by atoms with van der Waals surface area (Å²) in [5.41, 5.74) is 0.391. The molecule has 0 bridgehead atoms. The Kier molecular flexibility index (Phi) is 5.70. The van der Waals surface area contributed by atoms with Crippen molar-refractivity contribution in [1.29, 1.82) is 5.26 Å². The SMILES string of the molecule is N#CCSCC(=O)N(CC(=O)O)c1ccc(O)cc1. The molecule has 0 heterocycles. The number of amides is 1. The molecule has 100 valence electrons. The van der Waals surface area contributed by atoms with Gasteiger partial charge >= 0.3 is 5.97 Å². The maximum atomic E-state index is 11.9. The molecule has 0 radical (unpaired) electrons. The molecule has 0 aliphatic heterocycles. The molecule has 0 aliphatic rings. The largest absolute Gasteiger partial charge is 0.508 e. The number of benzene rings is 1. The van der Waals surface area contributed by atoms with Gasteiger partial charge in [-0.2, -0.15) is 5.26 Å². The fraction of sp³-hybridized carbons (Fsp3) is 0.250. The second kappa shape index (κ2) is 7.28. The Labute approximate surface area is 114 Å². The topological polar surface area (TPSA) is 102 Å². The number of hydrogen-bond donors (Lipinski definition) is 2. The van der Waals surface area contributed by atoms with Crippen molar-refractivity contribution in [3.05, 3.63) is 24.3 Å². The van der Waals surface area contributed by atoms with E-state index in [1.54, 1.807) is 0 Å². The van der Waals surface area contributed by atoms with E-state index in [4.69, 9.17) is 10.4 Å². The number of phenols is 1. The number of nitriles is 1. The molecule has 1 rings (SSSR count). The summed E-state index contributed by atoms with van der Waals surface area (Å²) in [6.45, 7) is -0.462. The number of aromatic hydroxyl groups is 1. The highest BCUT2D eigenvalue weighted by atomic mass is 32.2. The third kappa shape index (κ3) is 4.89. The van der Waals surface area contributed by atoms with Crippen molar-refractivity contribution >= 4 is 29.3 Å². The molecule has 0 saturated carbocycles. The molecule has 0 atom stereocenters. The second-order valence-electron chi connectivity index (χ2n) is 3.54. The van der Waals surface area contributed by atoms with Crippen LogP contribution in [0.1, 0.15) is 0 Å². The number of aliphatic carboxylic acids is 1. The zero-order chi connectivity index (χ0) is 14.3. The summed E-state index contributed by atoms with van der Waals surface area (Å²) in [5, 5.41) is 26.4. The van der Waals surface area contributed by atoms with Gasteiger partial charge in [-0.05, 0) is 24.3 Å². The van der Waals surface area contributed by atoms with E-state index in [0.29, 0.717) is 5.69 Å². The lowest BCUT2D eigenvalue weighted by Crippen LogP contribution is -2.37. The van der Waals surface area contributed by atoms with E-state index in [1.807, 2.05) is 6.07 Å². The molecule has 0 spiro atoms. The predicted octanol–water partition coefficient (Wildman–Crippen LogP) is 1.07. The molecule has 7 heteroatoms. The molecular weight excluding hydrogens is 268 g/mol. The van der Waals surface area contributed by atoms with E-state index in [9.17, 15) is 14.7 Å². The Morgan fingerprint density at radius 2 is 1.95 bits per heavy atom. The molecule has 0 fully saturated rings. The first-order valence-electron chi connectivity index (χ1n) is 5.30. The first kappa shape index (κ1) is 14.9. The Balaban J connectivity index is 2.82. The molecule has 1 aromatic carbocycles. The Morgan fingerprint density at radius 1 is 1.32 bits per heavy atom. The van der Waals surface area contributed by atoms with E-state index in [-0.39, 0.29) is 17.3 Å². The highest BCUT2D eigenvalue weighted by Crippen LogP contribution is 2.19. The number of carboxylic acids is 1. The van der Waals surface area contributed by atoms with Crippen molar-refractivity contribution in [2.45, 2.75) is 0 Å². The minimum atomic E-state index is -1.13. The van der Waals surface area contributed by atoms with Gasteiger partial charge in [-0.3, -0.25) is 9.59 Å². The van der Waals surface area contributed by atoms with Crippen molar-refractivity contribution in [3.63, 3.8) is 0 Å². The summed E-state index contributed by atoms with van der Waals surface area (Å²) < 4.78 is 0. The smallest absolute Gasteiger partial charge is 0.323 e. The van der Waals surface area contributed by atoms with Crippen LogP contribution in [-0.4, -0.2) is 40.1 Å². The lowest BCUT2D eigenvalue weighted by molar-refractivity contribution is -0.136. The van der Waals surface area contributed by atoms with E-state index in [1.165, 1.54) is 24.3 Å². The minimum Gasteiger partial charge on any atom is -0.508 e. The zero-order valence-electron chi connectivity index (χ0n) is 9.94. The van der Waals surface area contributed by atoms with E-state index in [2.05, 4.69) is 0 Å². The van der Waals surface area contributed by atoms with Crippen LogP contribution in [0.3, 0.4) is 0 Å². The van der Waals surface area contributed by atoms with Crippen molar-refractivity contribution in [1.82, 2.24) is 0 Å². The van der Waals surface area contributed by atoms with Gasteiger partial charge < -0.3 is 15.1 Å². The van der Waals surface area contributed by atoms with E-state index in [0.717, 1.165) is 16.7 Å². The maximum absolute atomic E-state index is 11.9. The summed E-state index contributed by atoms with van der Waals surface area (Å²) in [7, 11) is 0. The average Bonchev–Trinajstić information content (AvgIpc) is 2.37. The minimum absolute atomic E-state index is 0.0295. The molecule has 19 heavy (non-hydrogen) atoms.